The summed E-state index contributed by atoms with van der Waals surface area (Å²) in [6.45, 7) is 0.651. The van der Waals surface area contributed by atoms with E-state index in [1.165, 1.54) is 0 Å². The highest BCUT2D eigenvalue weighted by atomic mass is 16.3. The summed E-state index contributed by atoms with van der Waals surface area (Å²) in [5, 5.41) is 15.5. The largest absolute Gasteiger partial charge is 0.857 e. The molecule has 0 atom stereocenters. The summed E-state index contributed by atoms with van der Waals surface area (Å²) < 4.78 is 1.81. The minimum atomic E-state index is -0.0515. The van der Waals surface area contributed by atoms with Crippen LogP contribution in [0.5, 0.6) is 0 Å². The summed E-state index contributed by atoms with van der Waals surface area (Å²) >= 11 is 0. The Morgan fingerprint density at radius 3 is 1.84 bits per heavy atom. The Morgan fingerprint density at radius 1 is 0.895 bits per heavy atom. The third kappa shape index (κ3) is 2.40. The van der Waals surface area contributed by atoms with E-state index in [-0.39, 0.29) is 5.90 Å². The highest BCUT2D eigenvalue weighted by Gasteiger charge is 2.22. The minimum Gasteiger partial charge on any atom is -0.857 e. The molecule has 0 bridgehead atoms. The molecule has 94 valence electrons. The number of hydrogen-bond donors (Lipinski definition) is 0. The first-order chi connectivity index (χ1) is 9.34. The summed E-state index contributed by atoms with van der Waals surface area (Å²) in [5.41, 5.74) is 3.14. The maximum absolute atomic E-state index is 11.4. The van der Waals surface area contributed by atoms with Crippen molar-refractivity contribution in [3.05, 3.63) is 71.8 Å². The van der Waals surface area contributed by atoms with Crippen LogP contribution in [0.15, 0.2) is 65.8 Å². The van der Waals surface area contributed by atoms with Crippen molar-refractivity contribution in [2.75, 3.05) is 6.54 Å². The van der Waals surface area contributed by atoms with Gasteiger partial charge in [-0.1, -0.05) is 41.1 Å². The zero-order valence-electron chi connectivity index (χ0n) is 10.5. The van der Waals surface area contributed by atoms with Gasteiger partial charge < -0.3 is 5.11 Å². The maximum atomic E-state index is 11.4. The molecule has 0 aromatic heterocycles. The minimum absolute atomic E-state index is 0.0515. The van der Waals surface area contributed by atoms with Gasteiger partial charge in [0.1, 0.15) is 0 Å². The normalized spacial score (nSPS) is 14.3. The average molecular weight is 250 g/mol. The second kappa shape index (κ2) is 5.06. The van der Waals surface area contributed by atoms with Crippen molar-refractivity contribution in [2.45, 2.75) is 6.42 Å². The van der Waals surface area contributed by atoms with Gasteiger partial charge >= 0.3 is 0 Å². The molecule has 1 heterocycles. The third-order valence-corrected chi connectivity index (χ3v) is 3.12. The van der Waals surface area contributed by atoms with Gasteiger partial charge in [0.25, 0.3) is 0 Å². The molecule has 2 aromatic carbocycles. The summed E-state index contributed by atoms with van der Waals surface area (Å²) in [6.07, 6.45) is 0.489. The quantitative estimate of drug-likeness (QED) is 0.746. The molecule has 0 N–H and O–H groups in total. The van der Waals surface area contributed by atoms with Crippen LogP contribution < -0.4 is 5.11 Å². The van der Waals surface area contributed by atoms with E-state index in [0.717, 1.165) is 16.8 Å². The highest BCUT2D eigenvalue weighted by Crippen LogP contribution is 2.13. The highest BCUT2D eigenvalue weighted by molar-refractivity contribution is 6.09. The lowest BCUT2D eigenvalue weighted by molar-refractivity contribution is -0.523. The van der Waals surface area contributed by atoms with Crippen molar-refractivity contribution < 1.29 is 9.79 Å². The van der Waals surface area contributed by atoms with Crippen LogP contribution in [0.25, 0.3) is 0 Å². The van der Waals surface area contributed by atoms with Crippen LogP contribution in [0.4, 0.5) is 0 Å². The molecule has 3 heteroatoms. The van der Waals surface area contributed by atoms with E-state index in [4.69, 9.17) is 0 Å². The standard InChI is InChI=1S/C16H14N2O/c19-15-11-12-18(17-15)16(13-7-3-1-4-8-13)14-9-5-2-6-10-14/h1-10H,11-12H2. The first-order valence-electron chi connectivity index (χ1n) is 6.34. The van der Waals surface area contributed by atoms with Crippen molar-refractivity contribution in [2.24, 2.45) is 5.10 Å². The number of hydrazone groups is 1. The van der Waals surface area contributed by atoms with E-state index in [1.54, 1.807) is 0 Å². The number of nitrogens with zero attached hydrogens (tertiary/aromatic N) is 2. The molecule has 0 saturated carbocycles. The lowest BCUT2D eigenvalue weighted by Gasteiger charge is -2.03. The molecule has 3 rings (SSSR count). The zero-order chi connectivity index (χ0) is 13.1. The predicted molar refractivity (Wildman–Crippen MR) is 73.3 cm³/mol. The van der Waals surface area contributed by atoms with Gasteiger partial charge in [-0.2, -0.15) is 0 Å². The number of hydrogen-bond acceptors (Lipinski definition) is 2. The van der Waals surface area contributed by atoms with Gasteiger partial charge in [-0.3, -0.25) is 0 Å². The van der Waals surface area contributed by atoms with Crippen LogP contribution in [0.3, 0.4) is 0 Å². The van der Waals surface area contributed by atoms with Gasteiger partial charge in [0.05, 0.1) is 0 Å². The van der Waals surface area contributed by atoms with Crippen LogP contribution in [-0.4, -0.2) is 22.8 Å². The van der Waals surface area contributed by atoms with Gasteiger partial charge in [0.2, 0.25) is 5.71 Å². The van der Waals surface area contributed by atoms with Crippen molar-refractivity contribution in [1.82, 2.24) is 0 Å². The summed E-state index contributed by atoms with van der Waals surface area (Å²) in [6, 6.07) is 20.1. The lowest BCUT2D eigenvalue weighted by Crippen LogP contribution is -2.17. The third-order valence-electron chi connectivity index (χ3n) is 3.12. The smallest absolute Gasteiger partial charge is 0.246 e. The maximum Gasteiger partial charge on any atom is 0.246 e. The summed E-state index contributed by atoms with van der Waals surface area (Å²) in [5.74, 6) is -0.0515. The molecule has 0 aliphatic carbocycles. The molecular formula is C16H14N2O. The van der Waals surface area contributed by atoms with Crippen LogP contribution in [-0.2, 0) is 0 Å². The molecule has 0 unspecified atom stereocenters. The van der Waals surface area contributed by atoms with E-state index in [1.807, 2.05) is 65.3 Å². The van der Waals surface area contributed by atoms with Gasteiger partial charge in [0, 0.05) is 23.4 Å². The van der Waals surface area contributed by atoms with Crippen LogP contribution in [0.1, 0.15) is 17.5 Å². The van der Waals surface area contributed by atoms with Crippen molar-refractivity contribution in [1.29, 1.82) is 0 Å². The first-order valence-corrected chi connectivity index (χ1v) is 6.34. The molecule has 0 spiro atoms. The molecule has 1 aliphatic heterocycles. The Kier molecular flexibility index (Phi) is 3.11. The molecular weight excluding hydrogens is 236 g/mol. The number of benzene rings is 2. The molecule has 0 amide bonds. The Labute approximate surface area is 112 Å². The van der Waals surface area contributed by atoms with Crippen molar-refractivity contribution >= 4 is 11.6 Å². The molecule has 0 radical (unpaired) electrons. The van der Waals surface area contributed by atoms with Gasteiger partial charge in [-0.15, -0.1) is 0 Å². The lowest BCUT2D eigenvalue weighted by atomic mass is 10.0. The molecule has 2 aromatic rings. The predicted octanol–water partition coefficient (Wildman–Crippen LogP) is 1.61. The van der Waals surface area contributed by atoms with Crippen molar-refractivity contribution in [3.63, 3.8) is 0 Å². The molecule has 0 fully saturated rings. The van der Waals surface area contributed by atoms with Gasteiger partial charge in [0.15, 0.2) is 6.54 Å². The van der Waals surface area contributed by atoms with E-state index in [0.29, 0.717) is 13.0 Å². The molecule has 1 aliphatic rings. The fourth-order valence-corrected chi connectivity index (χ4v) is 2.25. The second-order valence-corrected chi connectivity index (χ2v) is 4.45. The van der Waals surface area contributed by atoms with Crippen molar-refractivity contribution in [3.8, 4) is 0 Å². The van der Waals surface area contributed by atoms with E-state index in [9.17, 15) is 5.11 Å². The molecule has 3 nitrogen and oxygen atoms in total. The Morgan fingerprint density at radius 2 is 1.42 bits per heavy atom. The first kappa shape index (κ1) is 11.7. The monoisotopic (exact) mass is 250 g/mol. The summed E-state index contributed by atoms with van der Waals surface area (Å²) in [4.78, 5) is 0. The Balaban J connectivity index is 2.18. The fraction of sp³-hybridized carbons (Fsp3) is 0.125. The Hall–Kier alpha value is -2.42. The zero-order valence-corrected chi connectivity index (χ0v) is 10.5. The van der Waals surface area contributed by atoms with Crippen LogP contribution >= 0.6 is 0 Å². The SMILES string of the molecule is [O-]C1=N[N+](=C(c2ccccc2)c2ccccc2)CC1. The second-order valence-electron chi connectivity index (χ2n) is 4.45. The Bertz CT molecular complexity index is 589. The topological polar surface area (TPSA) is 38.4 Å². The van der Waals surface area contributed by atoms with E-state index in [2.05, 4.69) is 5.10 Å². The van der Waals surface area contributed by atoms with E-state index < -0.39 is 0 Å². The molecule has 19 heavy (non-hydrogen) atoms. The molecule has 0 saturated heterocycles. The average Bonchev–Trinajstić information content (AvgIpc) is 2.88. The van der Waals surface area contributed by atoms with Crippen LogP contribution in [0, 0.1) is 0 Å². The fourth-order valence-electron chi connectivity index (χ4n) is 2.25. The van der Waals surface area contributed by atoms with Gasteiger partial charge in [-0.05, 0) is 29.4 Å². The number of rotatable bonds is 2. The summed E-state index contributed by atoms with van der Waals surface area (Å²) in [7, 11) is 0. The van der Waals surface area contributed by atoms with E-state index >= 15 is 0 Å². The van der Waals surface area contributed by atoms with Crippen LogP contribution in [0.2, 0.25) is 0 Å². The van der Waals surface area contributed by atoms with Gasteiger partial charge in [-0.25, -0.2) is 0 Å².